The fraction of sp³-hybridized carbons (Fsp3) is 0.350. The Morgan fingerprint density at radius 1 is 1.10 bits per heavy atom. The second-order valence-corrected chi connectivity index (χ2v) is 8.57. The second kappa shape index (κ2) is 7.82. The Labute approximate surface area is 169 Å². The van der Waals surface area contributed by atoms with E-state index in [1.165, 1.54) is 16.4 Å². The molecule has 0 saturated carbocycles. The fourth-order valence-electron chi connectivity index (χ4n) is 3.24. The van der Waals surface area contributed by atoms with Gasteiger partial charge in [0, 0.05) is 12.6 Å². The van der Waals surface area contributed by atoms with Gasteiger partial charge in [-0.1, -0.05) is 19.1 Å². The van der Waals surface area contributed by atoms with Gasteiger partial charge >= 0.3 is 0 Å². The molecule has 0 saturated heterocycles. The number of sulfonamides is 1. The first-order valence-electron chi connectivity index (χ1n) is 9.46. The number of rotatable bonds is 5. The Balaban J connectivity index is 1.70. The monoisotopic (exact) mass is 418 g/mol. The number of nitrogens with zero attached hydrogens (tertiary/aromatic N) is 1. The van der Waals surface area contributed by atoms with Crippen molar-refractivity contribution in [2.24, 2.45) is 0 Å². The Morgan fingerprint density at radius 2 is 1.86 bits per heavy atom. The number of amides is 1. The molecule has 0 spiro atoms. The quantitative estimate of drug-likeness (QED) is 0.798. The average Bonchev–Trinajstić information content (AvgIpc) is 2.76. The van der Waals surface area contributed by atoms with Gasteiger partial charge in [0.05, 0.1) is 17.1 Å². The molecule has 4 rings (SSSR count). The predicted molar refractivity (Wildman–Crippen MR) is 106 cm³/mol. The highest BCUT2D eigenvalue weighted by Crippen LogP contribution is 2.39. The zero-order valence-electron chi connectivity index (χ0n) is 16.0. The summed E-state index contributed by atoms with van der Waals surface area (Å²) in [6.07, 6.45) is -0.169. The van der Waals surface area contributed by atoms with Gasteiger partial charge in [0.15, 0.2) is 17.6 Å². The van der Waals surface area contributed by atoms with Crippen molar-refractivity contribution in [2.75, 3.05) is 30.6 Å². The minimum absolute atomic E-state index is 0.0613. The van der Waals surface area contributed by atoms with Crippen LogP contribution in [0.4, 0.5) is 5.69 Å². The number of nitrogens with one attached hydrogen (secondary N) is 1. The average molecular weight is 418 g/mol. The summed E-state index contributed by atoms with van der Waals surface area (Å²) in [6, 6.07) is 11.3. The van der Waals surface area contributed by atoms with Gasteiger partial charge in [-0.2, -0.15) is 0 Å². The number of benzene rings is 2. The number of carbonyl (C=O) groups is 1. The van der Waals surface area contributed by atoms with Crippen molar-refractivity contribution in [3.05, 3.63) is 42.5 Å². The zero-order chi connectivity index (χ0) is 20.4. The summed E-state index contributed by atoms with van der Waals surface area (Å²) in [5, 5.41) is 2.76. The Hall–Kier alpha value is -2.94. The largest absolute Gasteiger partial charge is 0.486 e. The lowest BCUT2D eigenvalue weighted by Gasteiger charge is -2.34. The molecular weight excluding hydrogens is 396 g/mol. The minimum atomic E-state index is -3.96. The molecule has 0 aromatic heterocycles. The normalized spacial score (nSPS) is 17.8. The molecule has 0 bridgehead atoms. The van der Waals surface area contributed by atoms with Crippen LogP contribution in [0.1, 0.15) is 13.3 Å². The number of anilines is 1. The van der Waals surface area contributed by atoms with E-state index in [9.17, 15) is 13.2 Å². The van der Waals surface area contributed by atoms with Gasteiger partial charge in [-0.05, 0) is 30.7 Å². The highest BCUT2D eigenvalue weighted by molar-refractivity contribution is 7.92. The summed E-state index contributed by atoms with van der Waals surface area (Å²) in [4.78, 5) is 12.5. The lowest BCUT2D eigenvalue weighted by atomic mass is 10.2. The molecule has 1 amide bonds. The van der Waals surface area contributed by atoms with Crippen LogP contribution in [-0.4, -0.2) is 46.7 Å². The van der Waals surface area contributed by atoms with Gasteiger partial charge < -0.3 is 19.5 Å². The number of carbonyl (C=O) groups excluding carboxylic acids is 1. The third-order valence-electron chi connectivity index (χ3n) is 4.68. The molecule has 9 heteroatoms. The summed E-state index contributed by atoms with van der Waals surface area (Å²) in [7, 11) is -3.96. The Bertz CT molecular complexity index is 1020. The molecule has 154 valence electrons. The van der Waals surface area contributed by atoms with Crippen LogP contribution >= 0.6 is 0 Å². The van der Waals surface area contributed by atoms with E-state index in [1.54, 1.807) is 30.3 Å². The van der Waals surface area contributed by atoms with Gasteiger partial charge in [-0.15, -0.1) is 0 Å². The summed E-state index contributed by atoms with van der Waals surface area (Å²) in [5.41, 5.74) is 0.391. The van der Waals surface area contributed by atoms with Crippen molar-refractivity contribution in [2.45, 2.75) is 24.3 Å². The van der Waals surface area contributed by atoms with Crippen molar-refractivity contribution < 1.29 is 27.4 Å². The van der Waals surface area contributed by atoms with Crippen LogP contribution in [0, 0.1) is 0 Å². The van der Waals surface area contributed by atoms with E-state index in [0.717, 1.165) is 6.42 Å². The fourth-order valence-corrected chi connectivity index (χ4v) is 4.73. The molecule has 1 unspecified atom stereocenters. The van der Waals surface area contributed by atoms with Crippen molar-refractivity contribution in [3.63, 3.8) is 0 Å². The van der Waals surface area contributed by atoms with Crippen LogP contribution in [-0.2, 0) is 14.8 Å². The van der Waals surface area contributed by atoms with Crippen molar-refractivity contribution in [1.82, 2.24) is 5.32 Å². The summed E-state index contributed by atoms with van der Waals surface area (Å²) in [5.74, 6) is 0.894. The Kier molecular flexibility index (Phi) is 5.23. The highest BCUT2D eigenvalue weighted by atomic mass is 32.2. The molecule has 29 heavy (non-hydrogen) atoms. The van der Waals surface area contributed by atoms with E-state index in [2.05, 4.69) is 5.32 Å². The molecule has 8 nitrogen and oxygen atoms in total. The molecule has 2 aliphatic heterocycles. The number of hydrogen-bond acceptors (Lipinski definition) is 6. The zero-order valence-corrected chi connectivity index (χ0v) is 16.8. The lowest BCUT2D eigenvalue weighted by Crippen LogP contribution is -2.50. The predicted octanol–water partition coefficient (Wildman–Crippen LogP) is 1.94. The van der Waals surface area contributed by atoms with E-state index in [-0.39, 0.29) is 17.3 Å². The van der Waals surface area contributed by atoms with Crippen molar-refractivity contribution in [1.29, 1.82) is 0 Å². The van der Waals surface area contributed by atoms with E-state index in [0.29, 0.717) is 42.7 Å². The van der Waals surface area contributed by atoms with Crippen LogP contribution in [0.15, 0.2) is 47.4 Å². The Morgan fingerprint density at radius 3 is 2.66 bits per heavy atom. The number of fused-ring (bicyclic) bond motifs is 2. The van der Waals surface area contributed by atoms with Crippen LogP contribution in [0.25, 0.3) is 0 Å². The van der Waals surface area contributed by atoms with E-state index in [1.807, 2.05) is 6.92 Å². The van der Waals surface area contributed by atoms with Crippen molar-refractivity contribution >= 4 is 21.6 Å². The van der Waals surface area contributed by atoms with E-state index in [4.69, 9.17) is 14.2 Å². The standard InChI is InChI=1S/C20H22N2O6S/c1-2-9-21-20(23)19-13-22(15-5-3-4-6-16(15)28-19)29(24,25)14-7-8-17-18(12-14)27-11-10-26-17/h3-8,12,19H,2,9-11,13H2,1H3,(H,21,23). The summed E-state index contributed by atoms with van der Waals surface area (Å²) in [6.45, 7) is 3.09. The van der Waals surface area contributed by atoms with Gasteiger partial charge in [-0.25, -0.2) is 8.42 Å². The minimum Gasteiger partial charge on any atom is -0.486 e. The molecule has 2 aliphatic rings. The molecular formula is C20H22N2O6S. The molecule has 2 heterocycles. The maximum atomic E-state index is 13.5. The number of ether oxygens (including phenoxy) is 3. The SMILES string of the molecule is CCCNC(=O)C1CN(S(=O)(=O)c2ccc3c(c2)OCCO3)c2ccccc2O1. The van der Waals surface area contributed by atoms with Crippen LogP contribution in [0.2, 0.25) is 0 Å². The molecule has 2 aromatic rings. The van der Waals surface area contributed by atoms with E-state index >= 15 is 0 Å². The van der Waals surface area contributed by atoms with Gasteiger partial charge in [-0.3, -0.25) is 9.10 Å². The smallest absolute Gasteiger partial charge is 0.264 e. The topological polar surface area (TPSA) is 94.2 Å². The molecule has 1 atom stereocenters. The second-order valence-electron chi connectivity index (χ2n) is 6.71. The summed E-state index contributed by atoms with van der Waals surface area (Å²) >= 11 is 0. The van der Waals surface area contributed by atoms with Crippen LogP contribution < -0.4 is 23.8 Å². The van der Waals surface area contributed by atoms with Gasteiger partial charge in [0.1, 0.15) is 19.0 Å². The molecule has 2 aromatic carbocycles. The van der Waals surface area contributed by atoms with Crippen LogP contribution in [0.3, 0.4) is 0 Å². The van der Waals surface area contributed by atoms with Crippen LogP contribution in [0.5, 0.6) is 17.2 Å². The lowest BCUT2D eigenvalue weighted by molar-refractivity contribution is -0.127. The molecule has 0 aliphatic carbocycles. The first kappa shape index (κ1) is 19.4. The maximum absolute atomic E-state index is 13.5. The maximum Gasteiger partial charge on any atom is 0.264 e. The number of para-hydroxylation sites is 2. The van der Waals surface area contributed by atoms with E-state index < -0.39 is 16.1 Å². The molecule has 0 radical (unpaired) electrons. The molecule has 0 fully saturated rings. The van der Waals surface area contributed by atoms with Crippen molar-refractivity contribution in [3.8, 4) is 17.2 Å². The third kappa shape index (κ3) is 3.69. The summed E-state index contributed by atoms with van der Waals surface area (Å²) < 4.78 is 44.9. The highest BCUT2D eigenvalue weighted by Gasteiger charge is 2.37. The molecule has 1 N–H and O–H groups in total. The first-order valence-corrected chi connectivity index (χ1v) is 10.9. The first-order chi connectivity index (χ1) is 14.0. The van der Waals surface area contributed by atoms with Gasteiger partial charge in [0.2, 0.25) is 0 Å². The number of hydrogen-bond donors (Lipinski definition) is 1. The van der Waals surface area contributed by atoms with Gasteiger partial charge in [0.25, 0.3) is 15.9 Å². The third-order valence-corrected chi connectivity index (χ3v) is 6.45.